The van der Waals surface area contributed by atoms with Gasteiger partial charge in [-0.2, -0.15) is 13.2 Å². The molecule has 1 N–H and O–H groups in total. The van der Waals surface area contributed by atoms with Gasteiger partial charge in [0.25, 0.3) is 5.91 Å². The first-order valence-corrected chi connectivity index (χ1v) is 11.1. The molecule has 2 aromatic heterocycles. The van der Waals surface area contributed by atoms with Crippen molar-refractivity contribution in [2.75, 3.05) is 6.54 Å². The number of aromatic nitrogens is 1. The van der Waals surface area contributed by atoms with Gasteiger partial charge in [-0.25, -0.2) is 4.98 Å². The highest BCUT2D eigenvalue weighted by atomic mass is 32.1. The Balaban J connectivity index is 1.77. The van der Waals surface area contributed by atoms with Crippen LogP contribution < -0.4 is 5.32 Å². The van der Waals surface area contributed by atoms with Crippen LogP contribution in [-0.2, 0) is 25.8 Å². The molecule has 0 aliphatic rings. The molecule has 0 bridgehead atoms. The van der Waals surface area contributed by atoms with E-state index in [4.69, 9.17) is 4.42 Å². The molecule has 2 heterocycles. The van der Waals surface area contributed by atoms with Gasteiger partial charge in [-0.3, -0.25) is 9.69 Å². The van der Waals surface area contributed by atoms with Crippen LogP contribution in [-0.4, -0.2) is 22.3 Å². The van der Waals surface area contributed by atoms with Gasteiger partial charge in [-0.15, -0.1) is 11.3 Å². The maximum atomic E-state index is 13.1. The lowest BCUT2D eigenvalue weighted by atomic mass is 10.1. The van der Waals surface area contributed by atoms with Crippen molar-refractivity contribution in [2.24, 2.45) is 5.92 Å². The van der Waals surface area contributed by atoms with Gasteiger partial charge >= 0.3 is 6.18 Å². The van der Waals surface area contributed by atoms with Crippen LogP contribution in [0.25, 0.3) is 0 Å². The van der Waals surface area contributed by atoms with Crippen molar-refractivity contribution in [2.45, 2.75) is 46.6 Å². The Hall–Kier alpha value is -2.65. The number of thiophene rings is 1. The summed E-state index contributed by atoms with van der Waals surface area (Å²) in [5.74, 6) is 0.329. The molecule has 0 atom stereocenters. The van der Waals surface area contributed by atoms with Crippen LogP contribution in [0.2, 0.25) is 0 Å². The van der Waals surface area contributed by atoms with Crippen LogP contribution >= 0.6 is 11.3 Å². The monoisotopic (exact) mass is 465 g/mol. The van der Waals surface area contributed by atoms with Crippen molar-refractivity contribution < 1.29 is 22.4 Å². The number of carbonyl (C=O) groups excluding carboxylic acids is 1. The molecule has 0 aliphatic heterocycles. The van der Waals surface area contributed by atoms with E-state index < -0.39 is 11.7 Å². The minimum Gasteiger partial charge on any atom is -0.447 e. The van der Waals surface area contributed by atoms with E-state index >= 15 is 0 Å². The minimum absolute atomic E-state index is 0.187. The van der Waals surface area contributed by atoms with Gasteiger partial charge in [0.05, 0.1) is 12.1 Å². The third-order valence-corrected chi connectivity index (χ3v) is 5.82. The summed E-state index contributed by atoms with van der Waals surface area (Å²) in [5.41, 5.74) is 1.16. The fraction of sp³-hybridized carbons (Fsp3) is 0.391. The standard InChI is InChI=1S/C23H26F3N3O2S/c1-15(2)10-27-22(30)19-14-31-21(28-19)13-29(12-20-16(3)7-8-32-20)11-17-5-4-6-18(9-17)23(24,25)26/h4-9,14-15H,10-13H2,1-3H3,(H,27,30). The van der Waals surface area contributed by atoms with Crippen molar-refractivity contribution in [3.63, 3.8) is 0 Å². The van der Waals surface area contributed by atoms with Crippen molar-refractivity contribution in [1.82, 2.24) is 15.2 Å². The first-order chi connectivity index (χ1) is 15.1. The lowest BCUT2D eigenvalue weighted by Crippen LogP contribution is -2.27. The van der Waals surface area contributed by atoms with Crippen molar-refractivity contribution >= 4 is 17.2 Å². The van der Waals surface area contributed by atoms with Crippen LogP contribution in [0.3, 0.4) is 0 Å². The van der Waals surface area contributed by atoms with Crippen molar-refractivity contribution in [3.8, 4) is 0 Å². The van der Waals surface area contributed by atoms with Gasteiger partial charge in [0.1, 0.15) is 6.26 Å². The summed E-state index contributed by atoms with van der Waals surface area (Å²) >= 11 is 1.59. The Morgan fingerprint density at radius 2 is 2.00 bits per heavy atom. The molecular formula is C23H26F3N3O2S. The van der Waals surface area contributed by atoms with E-state index in [0.717, 1.165) is 22.6 Å². The number of hydrogen-bond acceptors (Lipinski definition) is 5. The molecule has 0 aliphatic carbocycles. The number of hydrogen-bond donors (Lipinski definition) is 1. The van der Waals surface area contributed by atoms with Gasteiger partial charge in [0.2, 0.25) is 5.89 Å². The SMILES string of the molecule is Cc1ccsc1CN(Cc1cccc(C(F)(F)F)c1)Cc1nc(C(=O)NCC(C)C)co1. The van der Waals surface area contributed by atoms with E-state index in [-0.39, 0.29) is 24.7 Å². The van der Waals surface area contributed by atoms with Crippen LogP contribution in [0, 0.1) is 12.8 Å². The zero-order chi connectivity index (χ0) is 23.3. The van der Waals surface area contributed by atoms with Gasteiger partial charge < -0.3 is 9.73 Å². The number of oxazole rings is 1. The summed E-state index contributed by atoms with van der Waals surface area (Å²) in [5, 5.41) is 4.77. The topological polar surface area (TPSA) is 58.4 Å². The smallest absolute Gasteiger partial charge is 0.416 e. The molecule has 0 spiro atoms. The second-order valence-corrected chi connectivity index (χ2v) is 9.10. The fourth-order valence-corrected chi connectivity index (χ4v) is 4.06. The highest BCUT2D eigenvalue weighted by Crippen LogP contribution is 2.30. The van der Waals surface area contributed by atoms with Gasteiger partial charge in [-0.1, -0.05) is 32.0 Å². The summed E-state index contributed by atoms with van der Waals surface area (Å²) in [6.07, 6.45) is -3.09. The lowest BCUT2D eigenvalue weighted by molar-refractivity contribution is -0.137. The average molecular weight is 466 g/mol. The zero-order valence-corrected chi connectivity index (χ0v) is 19.0. The third-order valence-electron chi connectivity index (χ3n) is 4.81. The quantitative estimate of drug-likeness (QED) is 0.444. The second-order valence-electron chi connectivity index (χ2n) is 8.10. The molecule has 1 amide bonds. The molecular weight excluding hydrogens is 439 g/mol. The third kappa shape index (κ3) is 6.67. The Bertz CT molecular complexity index is 1040. The lowest BCUT2D eigenvalue weighted by Gasteiger charge is -2.21. The van der Waals surface area contributed by atoms with Crippen molar-refractivity contribution in [3.05, 3.63) is 75.1 Å². The average Bonchev–Trinajstić information content (AvgIpc) is 3.35. The molecule has 0 saturated carbocycles. The number of benzene rings is 1. The van der Waals surface area contributed by atoms with Crippen LogP contribution in [0.5, 0.6) is 0 Å². The predicted molar refractivity (Wildman–Crippen MR) is 117 cm³/mol. The summed E-state index contributed by atoms with van der Waals surface area (Å²) in [6.45, 7) is 7.57. The summed E-state index contributed by atoms with van der Waals surface area (Å²) < 4.78 is 44.9. The fourth-order valence-electron chi connectivity index (χ4n) is 3.11. The molecule has 3 aromatic rings. The maximum absolute atomic E-state index is 13.1. The molecule has 9 heteroatoms. The van der Waals surface area contributed by atoms with E-state index in [2.05, 4.69) is 10.3 Å². The van der Waals surface area contributed by atoms with Gasteiger partial charge in [0, 0.05) is 24.5 Å². The van der Waals surface area contributed by atoms with Crippen molar-refractivity contribution in [1.29, 1.82) is 0 Å². The van der Waals surface area contributed by atoms with Crippen LogP contribution in [0.4, 0.5) is 13.2 Å². The number of carbonyl (C=O) groups is 1. The maximum Gasteiger partial charge on any atom is 0.416 e. The highest BCUT2D eigenvalue weighted by molar-refractivity contribution is 7.10. The summed E-state index contributed by atoms with van der Waals surface area (Å²) in [6, 6.07) is 7.31. The number of aryl methyl sites for hydroxylation is 1. The molecule has 0 unspecified atom stereocenters. The van der Waals surface area contributed by atoms with Crippen LogP contribution in [0.1, 0.15) is 51.8 Å². The van der Waals surface area contributed by atoms with E-state index in [9.17, 15) is 18.0 Å². The van der Waals surface area contributed by atoms with E-state index in [0.29, 0.717) is 30.5 Å². The Labute approximate surface area is 189 Å². The molecule has 5 nitrogen and oxygen atoms in total. The Morgan fingerprint density at radius 1 is 1.22 bits per heavy atom. The Kier molecular flexibility index (Phi) is 7.73. The number of rotatable bonds is 9. The molecule has 0 fully saturated rings. The first-order valence-electron chi connectivity index (χ1n) is 10.3. The number of amides is 1. The normalized spacial score (nSPS) is 12.0. The number of nitrogens with zero attached hydrogens (tertiary/aromatic N) is 2. The van der Waals surface area contributed by atoms with Gasteiger partial charge in [0.15, 0.2) is 5.69 Å². The van der Waals surface area contributed by atoms with E-state index in [1.165, 1.54) is 12.3 Å². The molecule has 32 heavy (non-hydrogen) atoms. The summed E-state index contributed by atoms with van der Waals surface area (Å²) in [7, 11) is 0. The van der Waals surface area contributed by atoms with Gasteiger partial charge in [-0.05, 0) is 41.5 Å². The Morgan fingerprint density at radius 3 is 2.66 bits per heavy atom. The zero-order valence-electron chi connectivity index (χ0n) is 18.2. The number of nitrogens with one attached hydrogen (secondary N) is 1. The predicted octanol–water partition coefficient (Wildman–Crippen LogP) is 5.65. The van der Waals surface area contributed by atoms with E-state index in [1.807, 2.05) is 37.1 Å². The largest absolute Gasteiger partial charge is 0.447 e. The van der Waals surface area contributed by atoms with Crippen LogP contribution in [0.15, 0.2) is 46.4 Å². The molecule has 0 saturated heterocycles. The molecule has 3 rings (SSSR count). The van der Waals surface area contributed by atoms with E-state index in [1.54, 1.807) is 17.4 Å². The molecule has 172 valence electrons. The number of halogens is 3. The second kappa shape index (κ2) is 10.3. The minimum atomic E-state index is -4.40. The summed E-state index contributed by atoms with van der Waals surface area (Å²) in [4.78, 5) is 19.6. The number of alkyl halides is 3. The molecule has 1 aromatic carbocycles. The first kappa shape index (κ1) is 24.0. The highest BCUT2D eigenvalue weighted by Gasteiger charge is 2.30. The molecule has 0 radical (unpaired) electrons.